The van der Waals surface area contributed by atoms with Crippen LogP contribution in [0.4, 0.5) is 22.0 Å². The summed E-state index contributed by atoms with van der Waals surface area (Å²) in [4.78, 5) is 12.3. The van der Waals surface area contributed by atoms with E-state index in [-0.39, 0.29) is 11.5 Å². The molecule has 11 heteroatoms. The predicted molar refractivity (Wildman–Crippen MR) is 95.8 cm³/mol. The van der Waals surface area contributed by atoms with Crippen molar-refractivity contribution in [2.45, 2.75) is 12.6 Å². The highest BCUT2D eigenvalue weighted by Gasteiger charge is 2.31. The number of hydrogen-bond acceptors (Lipinski definition) is 5. The van der Waals surface area contributed by atoms with Crippen LogP contribution in [-0.4, -0.2) is 34.4 Å². The van der Waals surface area contributed by atoms with Gasteiger partial charge in [-0.3, -0.25) is 4.79 Å². The molecule has 1 aromatic heterocycles. The van der Waals surface area contributed by atoms with E-state index in [0.717, 1.165) is 23.2 Å². The van der Waals surface area contributed by atoms with Crippen LogP contribution in [0.5, 0.6) is 0 Å². The summed E-state index contributed by atoms with van der Waals surface area (Å²) in [5.74, 6) is -1.59. The molecule has 1 amide bonds. The van der Waals surface area contributed by atoms with Gasteiger partial charge in [0.2, 0.25) is 5.89 Å². The molecule has 0 atom stereocenters. The van der Waals surface area contributed by atoms with E-state index < -0.39 is 30.0 Å². The molecule has 30 heavy (non-hydrogen) atoms. The zero-order chi connectivity index (χ0) is 21.9. The average molecular weight is 424 g/mol. The first-order valence-corrected chi connectivity index (χ1v) is 8.36. The molecule has 0 N–H and O–H groups in total. The summed E-state index contributed by atoms with van der Waals surface area (Å²) in [5, 5.41) is 11.6. The molecule has 3 rings (SSSR count). The summed E-state index contributed by atoms with van der Waals surface area (Å²) in [6.07, 6.45) is -6.12. The number of aromatic nitrogens is 2. The van der Waals surface area contributed by atoms with Gasteiger partial charge in [0.1, 0.15) is 0 Å². The summed E-state index contributed by atoms with van der Waals surface area (Å²) >= 11 is 0. The Labute approximate surface area is 166 Å². The van der Waals surface area contributed by atoms with Gasteiger partial charge < -0.3 is 4.42 Å². The van der Waals surface area contributed by atoms with Crippen LogP contribution in [0.1, 0.15) is 33.8 Å². The number of nitrogens with zero attached hydrogens (tertiary/aromatic N) is 4. The van der Waals surface area contributed by atoms with Crippen molar-refractivity contribution in [3.63, 3.8) is 0 Å². The number of benzene rings is 2. The molecule has 3 aromatic rings. The zero-order valence-corrected chi connectivity index (χ0v) is 15.3. The summed E-state index contributed by atoms with van der Waals surface area (Å²) in [7, 11) is 1.30. The van der Waals surface area contributed by atoms with E-state index in [4.69, 9.17) is 4.42 Å². The van der Waals surface area contributed by atoms with Gasteiger partial charge in [-0.05, 0) is 35.9 Å². The number of hydrogen-bond donors (Lipinski definition) is 0. The van der Waals surface area contributed by atoms with Crippen LogP contribution in [0.3, 0.4) is 0 Å². The number of hydrazone groups is 1. The fraction of sp³-hybridized carbons (Fsp3) is 0.158. The van der Waals surface area contributed by atoms with Gasteiger partial charge in [0, 0.05) is 18.2 Å². The molecule has 0 fully saturated rings. The molecule has 0 radical (unpaired) electrons. The molecular formula is C19H13F5N4O2. The number of rotatable bonds is 5. The van der Waals surface area contributed by atoms with Crippen molar-refractivity contribution in [3.05, 3.63) is 71.1 Å². The largest absolute Gasteiger partial charge is 0.416 e. The molecule has 0 aliphatic carbocycles. The van der Waals surface area contributed by atoms with Gasteiger partial charge in [-0.25, -0.2) is 5.01 Å². The van der Waals surface area contributed by atoms with E-state index in [1.807, 2.05) is 0 Å². The standard InChI is InChI=1S/C19H13F5N4O2/c1-28(18(29)13-3-2-4-14(9-13)19(22,23)24)25-10-11-5-7-12(8-6-11)16-26-27-17(30-16)15(20)21/h2-10,15H,1H3/b25-10+. The zero-order valence-electron chi connectivity index (χ0n) is 15.3. The molecule has 2 aromatic carbocycles. The molecule has 0 spiro atoms. The summed E-state index contributed by atoms with van der Waals surface area (Å²) < 4.78 is 68.2. The quantitative estimate of drug-likeness (QED) is 0.335. The number of amides is 1. The van der Waals surface area contributed by atoms with Crippen molar-refractivity contribution < 1.29 is 31.2 Å². The first kappa shape index (κ1) is 21.1. The van der Waals surface area contributed by atoms with Crippen LogP contribution in [0.15, 0.2) is 58.0 Å². The van der Waals surface area contributed by atoms with Gasteiger partial charge in [0.05, 0.1) is 11.8 Å². The van der Waals surface area contributed by atoms with Gasteiger partial charge in [0.25, 0.3) is 11.8 Å². The lowest BCUT2D eigenvalue weighted by atomic mass is 10.1. The predicted octanol–water partition coefficient (Wildman–Crippen LogP) is 4.80. The van der Waals surface area contributed by atoms with E-state index in [1.54, 1.807) is 12.1 Å². The van der Waals surface area contributed by atoms with Crippen molar-refractivity contribution >= 4 is 12.1 Å². The highest BCUT2D eigenvalue weighted by Crippen LogP contribution is 2.29. The SMILES string of the molecule is CN(/N=C/c1ccc(-c2nnc(C(F)F)o2)cc1)C(=O)c1cccc(C(F)(F)F)c1. The topological polar surface area (TPSA) is 71.6 Å². The van der Waals surface area contributed by atoms with Gasteiger partial charge in [-0.2, -0.15) is 27.1 Å². The third-order valence-electron chi connectivity index (χ3n) is 3.90. The molecule has 0 saturated heterocycles. The van der Waals surface area contributed by atoms with E-state index in [2.05, 4.69) is 15.3 Å². The number of halogens is 5. The summed E-state index contributed by atoms with van der Waals surface area (Å²) in [6, 6.07) is 10.2. The maximum absolute atomic E-state index is 12.8. The Balaban J connectivity index is 1.70. The second kappa shape index (κ2) is 8.39. The smallest absolute Gasteiger partial charge is 0.415 e. The Bertz CT molecular complexity index is 1060. The Morgan fingerprint density at radius 3 is 2.43 bits per heavy atom. The molecule has 0 unspecified atom stereocenters. The lowest BCUT2D eigenvalue weighted by molar-refractivity contribution is -0.137. The third kappa shape index (κ3) is 4.85. The van der Waals surface area contributed by atoms with E-state index in [0.29, 0.717) is 11.1 Å². The van der Waals surface area contributed by atoms with E-state index in [9.17, 15) is 26.7 Å². The van der Waals surface area contributed by atoms with Crippen molar-refractivity contribution in [3.8, 4) is 11.5 Å². The summed E-state index contributed by atoms with van der Waals surface area (Å²) in [5.41, 5.74) is -0.153. The molecule has 0 aliphatic rings. The maximum atomic E-state index is 12.8. The van der Waals surface area contributed by atoms with Crippen LogP contribution >= 0.6 is 0 Å². The normalized spacial score (nSPS) is 12.0. The van der Waals surface area contributed by atoms with Crippen molar-refractivity contribution in [2.24, 2.45) is 5.10 Å². The van der Waals surface area contributed by atoms with Crippen LogP contribution in [0, 0.1) is 0 Å². The first-order valence-electron chi connectivity index (χ1n) is 8.36. The van der Waals surface area contributed by atoms with Crippen molar-refractivity contribution in [1.82, 2.24) is 15.2 Å². The fourth-order valence-electron chi connectivity index (χ4n) is 2.37. The second-order valence-electron chi connectivity index (χ2n) is 6.02. The van der Waals surface area contributed by atoms with Crippen molar-refractivity contribution in [1.29, 1.82) is 0 Å². The van der Waals surface area contributed by atoms with Gasteiger partial charge in [-0.1, -0.05) is 18.2 Å². The second-order valence-corrected chi connectivity index (χ2v) is 6.02. The number of carbonyl (C=O) groups is 1. The molecule has 0 saturated carbocycles. The minimum atomic E-state index is -4.56. The molecule has 6 nitrogen and oxygen atoms in total. The molecular weight excluding hydrogens is 411 g/mol. The van der Waals surface area contributed by atoms with Crippen LogP contribution in [0.2, 0.25) is 0 Å². The highest BCUT2D eigenvalue weighted by atomic mass is 19.4. The summed E-state index contributed by atoms with van der Waals surface area (Å²) in [6.45, 7) is 0. The van der Waals surface area contributed by atoms with Gasteiger partial charge in [0.15, 0.2) is 0 Å². The lowest BCUT2D eigenvalue weighted by Crippen LogP contribution is -2.22. The Morgan fingerprint density at radius 2 is 1.83 bits per heavy atom. The minimum Gasteiger partial charge on any atom is -0.415 e. The average Bonchev–Trinajstić information content (AvgIpc) is 3.22. The maximum Gasteiger partial charge on any atom is 0.416 e. The van der Waals surface area contributed by atoms with Crippen LogP contribution in [0.25, 0.3) is 11.5 Å². The van der Waals surface area contributed by atoms with Gasteiger partial charge in [-0.15, -0.1) is 10.2 Å². The van der Waals surface area contributed by atoms with Crippen molar-refractivity contribution in [2.75, 3.05) is 7.05 Å². The molecule has 0 aliphatic heterocycles. The lowest BCUT2D eigenvalue weighted by Gasteiger charge is -2.12. The Hall–Kier alpha value is -3.63. The van der Waals surface area contributed by atoms with E-state index >= 15 is 0 Å². The number of carbonyl (C=O) groups excluding carboxylic acids is 1. The van der Waals surface area contributed by atoms with Gasteiger partial charge >= 0.3 is 12.6 Å². The van der Waals surface area contributed by atoms with E-state index in [1.165, 1.54) is 31.5 Å². The highest BCUT2D eigenvalue weighted by molar-refractivity contribution is 5.95. The fourth-order valence-corrected chi connectivity index (χ4v) is 2.37. The monoisotopic (exact) mass is 424 g/mol. The van der Waals surface area contributed by atoms with Crippen LogP contribution < -0.4 is 0 Å². The Kier molecular flexibility index (Phi) is 5.90. The third-order valence-corrected chi connectivity index (χ3v) is 3.90. The molecule has 0 bridgehead atoms. The first-order chi connectivity index (χ1) is 14.1. The minimum absolute atomic E-state index is 0.0781. The molecule has 1 heterocycles. The number of alkyl halides is 5. The van der Waals surface area contributed by atoms with Crippen LogP contribution in [-0.2, 0) is 6.18 Å². The molecule has 156 valence electrons. The Morgan fingerprint density at radius 1 is 1.13 bits per heavy atom.